The number of anilines is 1. The largest absolute Gasteiger partial charge is 0.353 e. The third kappa shape index (κ3) is 3.83. The number of piperazine rings is 1. The monoisotopic (exact) mass is 459 g/mol. The Morgan fingerprint density at radius 3 is 2.23 bits per heavy atom. The topological polar surface area (TPSA) is 79.6 Å². The van der Waals surface area contributed by atoms with Crippen LogP contribution in [0.15, 0.2) is 39.0 Å². The van der Waals surface area contributed by atoms with Gasteiger partial charge in [0.2, 0.25) is 9.84 Å². The number of nitrogens with one attached hydrogen (secondary N) is 1. The molecule has 0 bridgehead atoms. The number of sulfone groups is 1. The van der Waals surface area contributed by atoms with E-state index in [0.29, 0.717) is 17.0 Å². The number of nitrogens with zero attached hydrogens (tertiary/aromatic N) is 4. The van der Waals surface area contributed by atoms with Gasteiger partial charge in [0.25, 0.3) is 0 Å². The van der Waals surface area contributed by atoms with Crippen molar-refractivity contribution in [3.05, 3.63) is 41.2 Å². The molecule has 1 aromatic carbocycles. The van der Waals surface area contributed by atoms with Crippen LogP contribution in [0, 0.1) is 13.8 Å². The Bertz CT molecular complexity index is 1240. The lowest BCUT2D eigenvalue weighted by Gasteiger charge is -2.30. The van der Waals surface area contributed by atoms with Crippen molar-refractivity contribution in [1.82, 2.24) is 19.9 Å². The molecule has 3 aromatic rings. The fraction of sp³-hybridized carbons (Fsp3) is 0.455. The zero-order valence-corrected chi connectivity index (χ0v) is 20.3. The first-order valence-electron chi connectivity index (χ1n) is 10.4. The van der Waals surface area contributed by atoms with Crippen molar-refractivity contribution in [2.75, 3.05) is 31.1 Å². The summed E-state index contributed by atoms with van der Waals surface area (Å²) in [4.78, 5) is 7.91. The Balaban J connectivity index is 1.90. The summed E-state index contributed by atoms with van der Waals surface area (Å²) in [5, 5.41) is 7.94. The third-order valence-electron chi connectivity index (χ3n) is 5.73. The minimum Gasteiger partial charge on any atom is -0.353 e. The van der Waals surface area contributed by atoms with Crippen LogP contribution >= 0.6 is 12.6 Å². The van der Waals surface area contributed by atoms with Crippen LogP contribution in [-0.2, 0) is 15.3 Å². The molecule has 0 saturated carbocycles. The average molecular weight is 460 g/mol. The van der Waals surface area contributed by atoms with Crippen LogP contribution in [0.4, 0.5) is 5.82 Å². The summed E-state index contributed by atoms with van der Waals surface area (Å²) in [5.41, 5.74) is 2.49. The van der Waals surface area contributed by atoms with Crippen molar-refractivity contribution < 1.29 is 8.42 Å². The molecular weight excluding hydrogens is 430 g/mol. The molecule has 0 spiro atoms. The normalized spacial score (nSPS) is 15.6. The molecule has 1 saturated heterocycles. The molecule has 0 atom stereocenters. The third-order valence-corrected chi connectivity index (χ3v) is 8.16. The van der Waals surface area contributed by atoms with E-state index in [1.807, 2.05) is 19.1 Å². The van der Waals surface area contributed by atoms with Gasteiger partial charge in [-0.05, 0) is 37.0 Å². The molecule has 0 radical (unpaired) electrons. The molecule has 1 aliphatic rings. The van der Waals surface area contributed by atoms with E-state index < -0.39 is 9.84 Å². The smallest absolute Gasteiger partial charge is 0.212 e. The van der Waals surface area contributed by atoms with Gasteiger partial charge in [-0.3, -0.25) is 0 Å². The first kappa shape index (κ1) is 22.1. The number of aryl methyl sites for hydroxylation is 2. The maximum absolute atomic E-state index is 13.6. The highest BCUT2D eigenvalue weighted by molar-refractivity contribution is 7.91. The first-order valence-corrected chi connectivity index (χ1v) is 12.3. The Labute approximate surface area is 189 Å². The van der Waals surface area contributed by atoms with Gasteiger partial charge in [0.1, 0.15) is 10.7 Å². The van der Waals surface area contributed by atoms with E-state index in [0.717, 1.165) is 42.5 Å². The molecule has 0 aliphatic carbocycles. The number of hydrogen-bond donors (Lipinski definition) is 2. The molecule has 1 fully saturated rings. The zero-order valence-electron chi connectivity index (χ0n) is 18.6. The molecule has 31 heavy (non-hydrogen) atoms. The highest BCUT2D eigenvalue weighted by Crippen LogP contribution is 2.34. The van der Waals surface area contributed by atoms with Crippen molar-refractivity contribution in [2.45, 2.75) is 54.7 Å². The van der Waals surface area contributed by atoms with Gasteiger partial charge in [0, 0.05) is 26.2 Å². The summed E-state index contributed by atoms with van der Waals surface area (Å²) in [5.74, 6) is 0.792. The van der Waals surface area contributed by atoms with Crippen molar-refractivity contribution in [3.8, 4) is 0 Å². The van der Waals surface area contributed by atoms with E-state index in [1.54, 1.807) is 23.6 Å². The highest BCUT2D eigenvalue weighted by Gasteiger charge is 2.30. The van der Waals surface area contributed by atoms with Gasteiger partial charge in [-0.25, -0.2) is 13.4 Å². The molecule has 1 N–H and O–H groups in total. The van der Waals surface area contributed by atoms with Crippen molar-refractivity contribution in [2.24, 2.45) is 0 Å². The van der Waals surface area contributed by atoms with Crippen molar-refractivity contribution in [1.29, 1.82) is 0 Å². The van der Waals surface area contributed by atoms with E-state index in [-0.39, 0.29) is 15.2 Å². The van der Waals surface area contributed by atoms with Gasteiger partial charge in [0.05, 0.1) is 21.2 Å². The molecule has 166 valence electrons. The summed E-state index contributed by atoms with van der Waals surface area (Å²) in [6.07, 6.45) is 0. The van der Waals surface area contributed by atoms with Crippen LogP contribution in [0.1, 0.15) is 37.7 Å². The fourth-order valence-corrected chi connectivity index (χ4v) is 5.77. The number of benzene rings is 1. The molecule has 4 rings (SSSR count). The zero-order chi connectivity index (χ0) is 22.6. The van der Waals surface area contributed by atoms with Crippen LogP contribution in [-0.4, -0.2) is 49.2 Å². The minimum atomic E-state index is -3.79. The predicted molar refractivity (Wildman–Crippen MR) is 125 cm³/mol. The minimum absolute atomic E-state index is 0.0531. The quantitative estimate of drug-likeness (QED) is 0.586. The summed E-state index contributed by atoms with van der Waals surface area (Å²) >= 11 is 4.69. The van der Waals surface area contributed by atoms with E-state index in [2.05, 4.69) is 53.7 Å². The first-order chi connectivity index (χ1) is 14.5. The van der Waals surface area contributed by atoms with E-state index in [1.165, 1.54) is 0 Å². The molecule has 7 nitrogen and oxygen atoms in total. The van der Waals surface area contributed by atoms with Gasteiger partial charge in [-0.2, -0.15) is 9.61 Å². The lowest BCUT2D eigenvalue weighted by molar-refractivity contribution is 0.575. The van der Waals surface area contributed by atoms with Gasteiger partial charge in [-0.15, -0.1) is 12.6 Å². The lowest BCUT2D eigenvalue weighted by atomic mass is 9.87. The predicted octanol–water partition coefficient (Wildman–Crippen LogP) is 3.17. The summed E-state index contributed by atoms with van der Waals surface area (Å²) in [6.45, 7) is 13.2. The summed E-state index contributed by atoms with van der Waals surface area (Å²) in [7, 11) is -3.79. The Kier molecular flexibility index (Phi) is 5.56. The lowest BCUT2D eigenvalue weighted by Crippen LogP contribution is -2.44. The molecule has 3 heterocycles. The van der Waals surface area contributed by atoms with Gasteiger partial charge in [-0.1, -0.05) is 32.9 Å². The van der Waals surface area contributed by atoms with Gasteiger partial charge >= 0.3 is 0 Å². The molecule has 1 aliphatic heterocycles. The van der Waals surface area contributed by atoms with Crippen LogP contribution < -0.4 is 10.2 Å². The molecular formula is C22H29N5O2S2. The second-order valence-corrected chi connectivity index (χ2v) is 11.4. The van der Waals surface area contributed by atoms with Crippen LogP contribution in [0.25, 0.3) is 5.65 Å². The number of fused-ring (bicyclic) bond motifs is 1. The second kappa shape index (κ2) is 7.79. The molecule has 9 heteroatoms. The Morgan fingerprint density at radius 2 is 1.65 bits per heavy atom. The molecule has 0 amide bonds. The van der Waals surface area contributed by atoms with Crippen molar-refractivity contribution in [3.63, 3.8) is 0 Å². The highest BCUT2D eigenvalue weighted by atomic mass is 32.2. The Morgan fingerprint density at radius 1 is 1.03 bits per heavy atom. The molecule has 2 aromatic heterocycles. The van der Waals surface area contributed by atoms with E-state index >= 15 is 0 Å². The van der Waals surface area contributed by atoms with Gasteiger partial charge < -0.3 is 10.2 Å². The molecule has 0 unspecified atom stereocenters. The maximum Gasteiger partial charge on any atom is 0.212 e. The van der Waals surface area contributed by atoms with Crippen LogP contribution in [0.2, 0.25) is 0 Å². The summed E-state index contributed by atoms with van der Waals surface area (Å²) in [6, 6.07) is 7.11. The standard InChI is InChI=1S/C22H29N5O2S2/c1-14-18(30)21(26-12-10-23-11-13-26)27-20(24-14)19(15(2)25-27)31(28,29)17-8-6-16(7-9-17)22(3,4)5/h6-9,23,30H,10-13H2,1-5H3. The van der Waals surface area contributed by atoms with E-state index in [4.69, 9.17) is 0 Å². The number of aromatic nitrogens is 3. The summed E-state index contributed by atoms with van der Waals surface area (Å²) < 4.78 is 28.9. The van der Waals surface area contributed by atoms with Gasteiger partial charge in [0.15, 0.2) is 5.65 Å². The Hall–Kier alpha value is -2.10. The maximum atomic E-state index is 13.6. The average Bonchev–Trinajstić information content (AvgIpc) is 3.04. The number of thiol groups is 1. The SMILES string of the molecule is Cc1nc2c(S(=O)(=O)c3ccc(C(C)(C)C)cc3)c(C)nn2c(N2CCNCC2)c1S. The fourth-order valence-electron chi connectivity index (χ4n) is 3.95. The number of hydrogen-bond acceptors (Lipinski definition) is 7. The van der Waals surface area contributed by atoms with Crippen molar-refractivity contribution >= 4 is 33.9 Å². The number of rotatable bonds is 3. The van der Waals surface area contributed by atoms with Crippen LogP contribution in [0.5, 0.6) is 0 Å². The second-order valence-electron chi connectivity index (χ2n) is 9.03. The van der Waals surface area contributed by atoms with E-state index in [9.17, 15) is 8.42 Å². The van der Waals surface area contributed by atoms with Crippen LogP contribution in [0.3, 0.4) is 0 Å².